The molecule has 0 aromatic rings. The van der Waals surface area contributed by atoms with E-state index < -0.39 is 0 Å². The molecule has 1 nitrogen and oxygen atoms in total. The van der Waals surface area contributed by atoms with Crippen molar-refractivity contribution in [1.82, 2.24) is 4.90 Å². The fourth-order valence-electron chi connectivity index (χ4n) is 6.95. The van der Waals surface area contributed by atoms with Gasteiger partial charge in [0.15, 0.2) is 0 Å². The fraction of sp³-hybridized carbons (Fsp3) is 0.852. The average molecular weight is 391 g/mol. The molecule has 0 amide bonds. The fourth-order valence-corrected chi connectivity index (χ4v) is 6.95. The van der Waals surface area contributed by atoms with Crippen molar-refractivity contribution in [1.29, 1.82) is 0 Å². The van der Waals surface area contributed by atoms with E-state index in [0.717, 1.165) is 17.8 Å². The maximum absolute atomic E-state index is 2.41. The van der Waals surface area contributed by atoms with Gasteiger partial charge in [-0.1, -0.05) is 68.9 Å². The summed E-state index contributed by atoms with van der Waals surface area (Å²) in [6.45, 7) is 1.24. The number of hydrogen-bond acceptors (Lipinski definition) is 1. The molecule has 4 aliphatic carbocycles. The van der Waals surface area contributed by atoms with Crippen LogP contribution in [0.1, 0.15) is 109 Å². The van der Waals surface area contributed by atoms with E-state index in [2.05, 4.69) is 19.0 Å². The molecule has 0 bridgehead atoms. The molecule has 4 rings (SSSR count). The Morgan fingerprint density at radius 3 is 1.55 bits per heavy atom. The number of nitrogens with zero attached hydrogens (tertiary/aromatic N) is 1. The van der Waals surface area contributed by atoms with Crippen molar-refractivity contribution in [2.45, 2.75) is 109 Å². The van der Waals surface area contributed by atoms with Gasteiger partial charge in [-0.3, -0.25) is 0 Å². The van der Waals surface area contributed by atoms with Gasteiger partial charge in [0.2, 0.25) is 0 Å². The summed E-state index contributed by atoms with van der Waals surface area (Å²) in [5, 5.41) is 0. The van der Waals surface area contributed by atoms with Crippen molar-refractivity contribution in [3.05, 3.63) is 22.3 Å². The van der Waals surface area contributed by atoms with Crippen LogP contribution < -0.4 is 0 Å². The molecule has 3 fully saturated rings. The first-order chi connectivity index (χ1) is 13.7. The standard InChI is InChI=1S/C27H45N.Li/c1-28(2)19-18-24-20-25(21-12-6-3-7-13-21)27(23-16-10-5-11-17-23)26(24)22-14-8-4-9-15-22;/h21-23H,3-20H2,1-2H3;. The second-order valence-electron chi connectivity index (χ2n) is 10.7. The molecule has 159 valence electrons. The molecule has 0 atom stereocenters. The van der Waals surface area contributed by atoms with Gasteiger partial charge in [0.25, 0.3) is 0 Å². The minimum absolute atomic E-state index is 0. The Morgan fingerprint density at radius 2 is 1.07 bits per heavy atom. The number of allylic oxidation sites excluding steroid dienone is 3. The molecule has 3 saturated carbocycles. The van der Waals surface area contributed by atoms with Crippen LogP contribution in [-0.4, -0.2) is 44.4 Å². The zero-order valence-electron chi connectivity index (χ0n) is 19.9. The summed E-state index contributed by atoms with van der Waals surface area (Å²) in [5.74, 6) is 2.75. The summed E-state index contributed by atoms with van der Waals surface area (Å²) < 4.78 is 0. The second-order valence-corrected chi connectivity index (χ2v) is 10.7. The van der Waals surface area contributed by atoms with Crippen LogP contribution in [0.3, 0.4) is 0 Å². The van der Waals surface area contributed by atoms with E-state index in [9.17, 15) is 0 Å². The van der Waals surface area contributed by atoms with Crippen molar-refractivity contribution in [3.63, 3.8) is 0 Å². The van der Waals surface area contributed by atoms with Crippen LogP contribution in [0.5, 0.6) is 0 Å². The monoisotopic (exact) mass is 390 g/mol. The normalized spacial score (nSPS) is 25.8. The van der Waals surface area contributed by atoms with Gasteiger partial charge in [-0.2, -0.15) is 0 Å². The summed E-state index contributed by atoms with van der Waals surface area (Å²) in [4.78, 5) is 2.41. The summed E-state index contributed by atoms with van der Waals surface area (Å²) in [5.41, 5.74) is 7.80. The van der Waals surface area contributed by atoms with Crippen LogP contribution in [-0.2, 0) is 0 Å². The Labute approximate surface area is 193 Å². The van der Waals surface area contributed by atoms with Gasteiger partial charge in [-0.25, -0.2) is 0 Å². The van der Waals surface area contributed by atoms with Crippen molar-refractivity contribution in [2.75, 3.05) is 20.6 Å². The number of rotatable bonds is 6. The Balaban J connectivity index is 0.00000240. The summed E-state index contributed by atoms with van der Waals surface area (Å²) in [6.07, 6.45) is 25.0. The molecule has 0 heterocycles. The minimum Gasteiger partial charge on any atom is -0.309 e. The molecule has 0 unspecified atom stereocenters. The smallest absolute Gasteiger partial charge is 0.00128 e. The van der Waals surface area contributed by atoms with Gasteiger partial charge < -0.3 is 4.90 Å². The van der Waals surface area contributed by atoms with E-state index in [1.54, 1.807) is 0 Å². The molecule has 2 heteroatoms. The molecule has 0 saturated heterocycles. The van der Waals surface area contributed by atoms with Gasteiger partial charge in [0.05, 0.1) is 0 Å². The molecular weight excluding hydrogens is 345 g/mol. The van der Waals surface area contributed by atoms with Crippen LogP contribution >= 0.6 is 0 Å². The third kappa shape index (κ3) is 5.84. The van der Waals surface area contributed by atoms with Crippen molar-refractivity contribution in [2.24, 2.45) is 17.8 Å². The first-order valence-corrected chi connectivity index (χ1v) is 12.8. The summed E-state index contributed by atoms with van der Waals surface area (Å²) in [7, 11) is 4.51. The predicted molar refractivity (Wildman–Crippen MR) is 127 cm³/mol. The maximum atomic E-state index is 2.41. The zero-order valence-corrected chi connectivity index (χ0v) is 19.9. The molecule has 29 heavy (non-hydrogen) atoms. The van der Waals surface area contributed by atoms with Gasteiger partial charge in [0.1, 0.15) is 0 Å². The number of hydrogen-bond donors (Lipinski definition) is 0. The molecule has 0 aromatic heterocycles. The van der Waals surface area contributed by atoms with Gasteiger partial charge >= 0.3 is 0 Å². The quantitative estimate of drug-likeness (QED) is 0.430. The SMILES string of the molecule is CN(C)CCC1=C(C2CCCCC2)C(C2CCCCC2)=C(C2CCCCC2)C1.[Li]. The zero-order chi connectivity index (χ0) is 19.3. The van der Waals surface area contributed by atoms with Crippen LogP contribution in [0.15, 0.2) is 22.3 Å². The average Bonchev–Trinajstić information content (AvgIpc) is 3.14. The molecule has 0 aromatic carbocycles. The Kier molecular flexibility index (Phi) is 9.48. The van der Waals surface area contributed by atoms with Crippen LogP contribution in [0.25, 0.3) is 0 Å². The molecule has 1 radical (unpaired) electrons. The van der Waals surface area contributed by atoms with Crippen LogP contribution in [0.2, 0.25) is 0 Å². The van der Waals surface area contributed by atoms with Crippen molar-refractivity contribution in [3.8, 4) is 0 Å². The van der Waals surface area contributed by atoms with E-state index in [0.29, 0.717) is 0 Å². The first-order valence-electron chi connectivity index (χ1n) is 12.8. The van der Waals surface area contributed by atoms with Gasteiger partial charge in [-0.15, -0.1) is 0 Å². The molecule has 0 spiro atoms. The largest absolute Gasteiger partial charge is 0.309 e. The molecule has 0 N–H and O–H groups in total. The van der Waals surface area contributed by atoms with E-state index in [1.165, 1.54) is 116 Å². The van der Waals surface area contributed by atoms with Crippen molar-refractivity contribution < 1.29 is 0 Å². The first kappa shape index (κ1) is 23.7. The van der Waals surface area contributed by atoms with E-state index in [-0.39, 0.29) is 18.9 Å². The third-order valence-electron chi connectivity index (χ3n) is 8.41. The second kappa shape index (κ2) is 11.6. The Morgan fingerprint density at radius 1 is 0.621 bits per heavy atom. The molecule has 0 aliphatic heterocycles. The van der Waals surface area contributed by atoms with E-state index in [4.69, 9.17) is 0 Å². The predicted octanol–water partition coefficient (Wildman–Crippen LogP) is 7.30. The third-order valence-corrected chi connectivity index (χ3v) is 8.41. The maximum Gasteiger partial charge on any atom is 0.00128 e. The summed E-state index contributed by atoms with van der Waals surface area (Å²) in [6, 6.07) is 0. The Hall–Kier alpha value is 0.0374. The minimum atomic E-state index is 0. The molecule has 4 aliphatic rings. The Bertz CT molecular complexity index is 569. The van der Waals surface area contributed by atoms with E-state index in [1.807, 2.05) is 22.3 Å². The van der Waals surface area contributed by atoms with Gasteiger partial charge in [-0.05, 0) is 94.4 Å². The van der Waals surface area contributed by atoms with Gasteiger partial charge in [0, 0.05) is 25.4 Å². The van der Waals surface area contributed by atoms with E-state index >= 15 is 0 Å². The van der Waals surface area contributed by atoms with Crippen LogP contribution in [0.4, 0.5) is 0 Å². The summed E-state index contributed by atoms with van der Waals surface area (Å²) >= 11 is 0. The van der Waals surface area contributed by atoms with Crippen LogP contribution in [0, 0.1) is 17.8 Å². The molecular formula is C27H45LiN. The van der Waals surface area contributed by atoms with Crippen molar-refractivity contribution >= 4 is 18.9 Å². The topological polar surface area (TPSA) is 3.24 Å².